The fourth-order valence-electron chi connectivity index (χ4n) is 1.82. The molecule has 0 saturated heterocycles. The lowest BCUT2D eigenvalue weighted by Gasteiger charge is -2.20. The Labute approximate surface area is 89.5 Å². The highest BCUT2D eigenvalue weighted by Gasteiger charge is 2.65. The van der Waals surface area contributed by atoms with Gasteiger partial charge in [-0.25, -0.2) is 0 Å². The standard InChI is InChI=1S/C10H9F3N2O/c11-10(12,13)9(3-4-9)6-2-1-5-15-7(6)8(14)16/h1-2,5H,3-4H2,(H2,14,16). The molecule has 1 heterocycles. The van der Waals surface area contributed by atoms with Gasteiger partial charge in [-0.2, -0.15) is 13.2 Å². The van der Waals surface area contributed by atoms with Gasteiger partial charge < -0.3 is 5.73 Å². The second kappa shape index (κ2) is 3.20. The summed E-state index contributed by atoms with van der Waals surface area (Å²) in [6, 6.07) is 2.65. The van der Waals surface area contributed by atoms with Gasteiger partial charge in [0, 0.05) is 6.20 Å². The highest BCUT2D eigenvalue weighted by Crippen LogP contribution is 2.59. The number of carbonyl (C=O) groups excluding carboxylic acids is 1. The summed E-state index contributed by atoms with van der Waals surface area (Å²) in [5, 5.41) is 0. The number of rotatable bonds is 2. The molecule has 86 valence electrons. The van der Waals surface area contributed by atoms with Crippen LogP contribution in [0.25, 0.3) is 0 Å². The minimum absolute atomic E-state index is 0.0114. The molecular formula is C10H9F3N2O. The third-order valence-electron chi connectivity index (χ3n) is 2.85. The zero-order valence-electron chi connectivity index (χ0n) is 8.21. The Morgan fingerprint density at radius 2 is 2.06 bits per heavy atom. The Hall–Kier alpha value is -1.59. The lowest BCUT2D eigenvalue weighted by Crippen LogP contribution is -2.32. The van der Waals surface area contributed by atoms with E-state index in [4.69, 9.17) is 5.73 Å². The zero-order valence-corrected chi connectivity index (χ0v) is 8.21. The number of pyridine rings is 1. The van der Waals surface area contributed by atoms with E-state index < -0.39 is 17.5 Å². The number of halogens is 3. The first-order valence-corrected chi connectivity index (χ1v) is 4.70. The highest BCUT2D eigenvalue weighted by atomic mass is 19.4. The molecular weight excluding hydrogens is 221 g/mol. The molecule has 2 rings (SSSR count). The molecule has 0 unspecified atom stereocenters. The third-order valence-corrected chi connectivity index (χ3v) is 2.85. The van der Waals surface area contributed by atoms with E-state index in [1.165, 1.54) is 18.3 Å². The summed E-state index contributed by atoms with van der Waals surface area (Å²) < 4.78 is 38.5. The second-order valence-electron chi connectivity index (χ2n) is 3.84. The SMILES string of the molecule is NC(=O)c1ncccc1C1(C(F)(F)F)CC1. The average molecular weight is 230 g/mol. The molecule has 0 aromatic carbocycles. The van der Waals surface area contributed by atoms with E-state index in [9.17, 15) is 18.0 Å². The van der Waals surface area contributed by atoms with Crippen LogP contribution in [0, 0.1) is 0 Å². The van der Waals surface area contributed by atoms with Crippen molar-refractivity contribution in [1.82, 2.24) is 4.98 Å². The maximum atomic E-state index is 12.8. The number of hydrogen-bond acceptors (Lipinski definition) is 2. The molecule has 6 heteroatoms. The van der Waals surface area contributed by atoms with Crippen molar-refractivity contribution in [3.05, 3.63) is 29.6 Å². The molecule has 0 spiro atoms. The predicted octanol–water partition coefficient (Wildman–Crippen LogP) is 1.77. The smallest absolute Gasteiger partial charge is 0.364 e. The van der Waals surface area contributed by atoms with E-state index in [-0.39, 0.29) is 24.1 Å². The van der Waals surface area contributed by atoms with Crippen molar-refractivity contribution in [3.8, 4) is 0 Å². The van der Waals surface area contributed by atoms with Crippen LogP contribution in [0.3, 0.4) is 0 Å². The maximum Gasteiger partial charge on any atom is 0.398 e. The number of carbonyl (C=O) groups is 1. The Balaban J connectivity index is 2.53. The quantitative estimate of drug-likeness (QED) is 0.841. The molecule has 1 amide bonds. The minimum Gasteiger partial charge on any atom is -0.364 e. The van der Waals surface area contributed by atoms with Crippen LogP contribution in [0.4, 0.5) is 13.2 Å². The minimum atomic E-state index is -4.36. The van der Waals surface area contributed by atoms with Crippen LogP contribution in [-0.2, 0) is 5.41 Å². The van der Waals surface area contributed by atoms with Gasteiger partial charge in [0.1, 0.15) is 5.69 Å². The maximum absolute atomic E-state index is 12.8. The summed E-state index contributed by atoms with van der Waals surface area (Å²) in [7, 11) is 0. The van der Waals surface area contributed by atoms with Crippen LogP contribution in [0.2, 0.25) is 0 Å². The molecule has 0 atom stereocenters. The fraction of sp³-hybridized carbons (Fsp3) is 0.400. The van der Waals surface area contributed by atoms with Crippen LogP contribution in [0.5, 0.6) is 0 Å². The molecule has 2 N–H and O–H groups in total. The molecule has 0 radical (unpaired) electrons. The Morgan fingerprint density at radius 3 is 2.50 bits per heavy atom. The molecule has 1 saturated carbocycles. The third kappa shape index (κ3) is 1.45. The molecule has 1 aromatic heterocycles. The molecule has 3 nitrogen and oxygen atoms in total. The van der Waals surface area contributed by atoms with Crippen LogP contribution in [0.15, 0.2) is 18.3 Å². The summed E-state index contributed by atoms with van der Waals surface area (Å²) in [4.78, 5) is 14.6. The summed E-state index contributed by atoms with van der Waals surface area (Å²) in [6.45, 7) is 0. The van der Waals surface area contributed by atoms with Gasteiger partial charge in [0.05, 0.1) is 5.41 Å². The van der Waals surface area contributed by atoms with E-state index in [0.717, 1.165) is 0 Å². The van der Waals surface area contributed by atoms with Crippen molar-refractivity contribution in [2.45, 2.75) is 24.4 Å². The number of amides is 1. The van der Waals surface area contributed by atoms with E-state index in [0.29, 0.717) is 0 Å². The molecule has 1 fully saturated rings. The summed E-state index contributed by atoms with van der Waals surface area (Å²) >= 11 is 0. The monoisotopic (exact) mass is 230 g/mol. The normalized spacial score (nSPS) is 18.2. The van der Waals surface area contributed by atoms with Gasteiger partial charge >= 0.3 is 6.18 Å². The van der Waals surface area contributed by atoms with Gasteiger partial charge in [0.25, 0.3) is 5.91 Å². The molecule has 1 aromatic rings. The summed E-state index contributed by atoms with van der Waals surface area (Å²) in [5.74, 6) is -0.925. The number of hydrogen-bond donors (Lipinski definition) is 1. The molecule has 1 aliphatic rings. The van der Waals surface area contributed by atoms with Gasteiger partial charge in [0.2, 0.25) is 0 Å². The first kappa shape index (κ1) is 10.9. The lowest BCUT2D eigenvalue weighted by molar-refractivity contribution is -0.160. The number of nitrogens with two attached hydrogens (primary N) is 1. The van der Waals surface area contributed by atoms with E-state index in [1.807, 2.05) is 0 Å². The second-order valence-corrected chi connectivity index (χ2v) is 3.84. The topological polar surface area (TPSA) is 56.0 Å². The Kier molecular flexibility index (Phi) is 2.18. The number of aromatic nitrogens is 1. The zero-order chi connectivity index (χ0) is 12.0. The van der Waals surface area contributed by atoms with Gasteiger partial charge in [0.15, 0.2) is 0 Å². The van der Waals surface area contributed by atoms with Gasteiger partial charge in [-0.05, 0) is 24.5 Å². The van der Waals surface area contributed by atoms with E-state index in [2.05, 4.69) is 4.98 Å². The van der Waals surface area contributed by atoms with E-state index >= 15 is 0 Å². The van der Waals surface area contributed by atoms with Crippen molar-refractivity contribution in [2.24, 2.45) is 5.73 Å². The van der Waals surface area contributed by atoms with Crippen LogP contribution < -0.4 is 5.73 Å². The average Bonchev–Trinajstić information content (AvgIpc) is 2.97. The predicted molar refractivity (Wildman–Crippen MR) is 49.7 cm³/mol. The van der Waals surface area contributed by atoms with Crippen molar-refractivity contribution in [3.63, 3.8) is 0 Å². The molecule has 0 bridgehead atoms. The van der Waals surface area contributed by atoms with Crippen LogP contribution in [0.1, 0.15) is 28.9 Å². The Morgan fingerprint density at radius 1 is 1.44 bits per heavy atom. The Bertz CT molecular complexity index is 438. The van der Waals surface area contributed by atoms with Crippen molar-refractivity contribution < 1.29 is 18.0 Å². The highest BCUT2D eigenvalue weighted by molar-refractivity contribution is 5.92. The number of primary amides is 1. The summed E-state index contributed by atoms with van der Waals surface area (Å²) in [6.07, 6.45) is -3.12. The van der Waals surface area contributed by atoms with Gasteiger partial charge in [-0.15, -0.1) is 0 Å². The lowest BCUT2D eigenvalue weighted by atomic mass is 9.93. The fourth-order valence-corrected chi connectivity index (χ4v) is 1.82. The van der Waals surface area contributed by atoms with Crippen LogP contribution >= 0.6 is 0 Å². The molecule has 0 aliphatic heterocycles. The number of nitrogens with zero attached hydrogens (tertiary/aromatic N) is 1. The first-order valence-electron chi connectivity index (χ1n) is 4.70. The molecule has 1 aliphatic carbocycles. The van der Waals surface area contributed by atoms with Crippen molar-refractivity contribution >= 4 is 5.91 Å². The van der Waals surface area contributed by atoms with Crippen LogP contribution in [-0.4, -0.2) is 17.1 Å². The van der Waals surface area contributed by atoms with Gasteiger partial charge in [-0.3, -0.25) is 9.78 Å². The van der Waals surface area contributed by atoms with Crippen molar-refractivity contribution in [2.75, 3.05) is 0 Å². The van der Waals surface area contributed by atoms with Crippen molar-refractivity contribution in [1.29, 1.82) is 0 Å². The summed E-state index contributed by atoms with van der Waals surface area (Å²) in [5.41, 5.74) is 2.72. The molecule has 16 heavy (non-hydrogen) atoms. The largest absolute Gasteiger partial charge is 0.398 e. The van der Waals surface area contributed by atoms with Gasteiger partial charge in [-0.1, -0.05) is 6.07 Å². The first-order chi connectivity index (χ1) is 7.38. The number of alkyl halides is 3. The van der Waals surface area contributed by atoms with E-state index in [1.54, 1.807) is 0 Å².